The van der Waals surface area contributed by atoms with E-state index in [2.05, 4.69) is 22.1 Å². The minimum atomic E-state index is -0.0670. The van der Waals surface area contributed by atoms with Gasteiger partial charge < -0.3 is 5.32 Å². The van der Waals surface area contributed by atoms with Crippen molar-refractivity contribution in [3.8, 4) is 0 Å². The van der Waals surface area contributed by atoms with Crippen molar-refractivity contribution in [3.63, 3.8) is 0 Å². The highest BCUT2D eigenvalue weighted by atomic mass is 16.1. The van der Waals surface area contributed by atoms with Crippen molar-refractivity contribution < 1.29 is 4.79 Å². The average molecular weight is 179 g/mol. The number of anilines is 1. The van der Waals surface area contributed by atoms with Crippen molar-refractivity contribution in [2.45, 2.75) is 20.3 Å². The van der Waals surface area contributed by atoms with Gasteiger partial charge in [0.05, 0.1) is 17.1 Å². The summed E-state index contributed by atoms with van der Waals surface area (Å²) in [7, 11) is 0. The van der Waals surface area contributed by atoms with Gasteiger partial charge in [-0.2, -0.15) is 5.10 Å². The Balaban J connectivity index is 2.73. The molecule has 4 heteroatoms. The van der Waals surface area contributed by atoms with Gasteiger partial charge in [-0.15, -0.1) is 6.58 Å². The molecule has 70 valence electrons. The van der Waals surface area contributed by atoms with Crippen molar-refractivity contribution in [1.29, 1.82) is 0 Å². The second-order valence-electron chi connectivity index (χ2n) is 2.85. The number of carbonyl (C=O) groups is 1. The van der Waals surface area contributed by atoms with E-state index in [1.807, 2.05) is 13.8 Å². The highest BCUT2D eigenvalue weighted by Gasteiger charge is 2.08. The number of hydrogen-bond donors (Lipinski definition) is 2. The summed E-state index contributed by atoms with van der Waals surface area (Å²) in [6.45, 7) is 7.20. The van der Waals surface area contributed by atoms with E-state index >= 15 is 0 Å². The van der Waals surface area contributed by atoms with E-state index in [1.165, 1.54) is 0 Å². The zero-order valence-corrected chi connectivity index (χ0v) is 7.85. The van der Waals surface area contributed by atoms with Gasteiger partial charge in [0.15, 0.2) is 0 Å². The van der Waals surface area contributed by atoms with Crippen LogP contribution in [0.5, 0.6) is 0 Å². The first kappa shape index (κ1) is 9.51. The number of nitrogens with zero attached hydrogens (tertiary/aromatic N) is 1. The molecular weight excluding hydrogens is 166 g/mol. The molecule has 0 unspecified atom stereocenters. The number of amides is 1. The van der Waals surface area contributed by atoms with Crippen LogP contribution in [0.2, 0.25) is 0 Å². The molecule has 0 fully saturated rings. The molecule has 1 aromatic heterocycles. The van der Waals surface area contributed by atoms with Crippen molar-refractivity contribution in [3.05, 3.63) is 24.0 Å². The third-order valence-corrected chi connectivity index (χ3v) is 1.72. The van der Waals surface area contributed by atoms with Gasteiger partial charge in [-0.3, -0.25) is 9.89 Å². The molecule has 1 amide bonds. The number of aryl methyl sites for hydroxylation is 2. The van der Waals surface area contributed by atoms with E-state index in [-0.39, 0.29) is 5.91 Å². The topological polar surface area (TPSA) is 57.8 Å². The lowest BCUT2D eigenvalue weighted by Crippen LogP contribution is -2.10. The Morgan fingerprint density at radius 2 is 2.38 bits per heavy atom. The van der Waals surface area contributed by atoms with Crippen LogP contribution in [0.15, 0.2) is 12.7 Å². The molecule has 1 rings (SSSR count). The van der Waals surface area contributed by atoms with Crippen LogP contribution in [0, 0.1) is 13.8 Å². The van der Waals surface area contributed by atoms with Gasteiger partial charge in [-0.05, 0) is 13.8 Å². The van der Waals surface area contributed by atoms with Gasteiger partial charge in [0.25, 0.3) is 0 Å². The minimum Gasteiger partial charge on any atom is -0.323 e. The number of hydrogen-bond acceptors (Lipinski definition) is 2. The number of carbonyl (C=O) groups excluding carboxylic acids is 1. The van der Waals surface area contributed by atoms with E-state index in [4.69, 9.17) is 0 Å². The fraction of sp³-hybridized carbons (Fsp3) is 0.333. The molecule has 0 aliphatic rings. The molecular formula is C9H13N3O. The highest BCUT2D eigenvalue weighted by Crippen LogP contribution is 2.15. The molecule has 0 atom stereocenters. The maximum absolute atomic E-state index is 11.2. The first-order valence-corrected chi connectivity index (χ1v) is 4.07. The quantitative estimate of drug-likeness (QED) is 0.691. The minimum absolute atomic E-state index is 0.0670. The molecule has 0 aliphatic heterocycles. The van der Waals surface area contributed by atoms with E-state index < -0.39 is 0 Å². The Bertz CT molecular complexity index is 308. The summed E-state index contributed by atoms with van der Waals surface area (Å²) in [5, 5.41) is 9.51. The zero-order valence-electron chi connectivity index (χ0n) is 7.85. The largest absolute Gasteiger partial charge is 0.323 e. The van der Waals surface area contributed by atoms with Crippen LogP contribution in [0.4, 0.5) is 5.69 Å². The first-order valence-electron chi connectivity index (χ1n) is 4.07. The summed E-state index contributed by atoms with van der Waals surface area (Å²) in [6.07, 6.45) is 1.89. The van der Waals surface area contributed by atoms with Crippen molar-refractivity contribution in [2.75, 3.05) is 5.32 Å². The monoisotopic (exact) mass is 179 g/mol. The smallest absolute Gasteiger partial charge is 0.228 e. The third kappa shape index (κ3) is 2.18. The SMILES string of the molecule is C=CCC(=O)Nc1c(C)n[nH]c1C. The van der Waals surface area contributed by atoms with Gasteiger partial charge >= 0.3 is 0 Å². The van der Waals surface area contributed by atoms with Gasteiger partial charge in [-0.1, -0.05) is 6.08 Å². The van der Waals surface area contributed by atoms with Crippen LogP contribution in [0.1, 0.15) is 17.8 Å². The predicted octanol–water partition coefficient (Wildman–Crippen LogP) is 1.54. The van der Waals surface area contributed by atoms with Crippen LogP contribution >= 0.6 is 0 Å². The van der Waals surface area contributed by atoms with Crippen LogP contribution in [-0.2, 0) is 4.79 Å². The average Bonchev–Trinajstić information content (AvgIpc) is 2.36. The van der Waals surface area contributed by atoms with Crippen molar-refractivity contribution >= 4 is 11.6 Å². The van der Waals surface area contributed by atoms with Crippen LogP contribution < -0.4 is 5.32 Å². The predicted molar refractivity (Wildman–Crippen MR) is 51.5 cm³/mol. The lowest BCUT2D eigenvalue weighted by molar-refractivity contribution is -0.115. The van der Waals surface area contributed by atoms with Crippen LogP contribution in [0.3, 0.4) is 0 Å². The van der Waals surface area contributed by atoms with Gasteiger partial charge in [-0.25, -0.2) is 0 Å². The normalized spacial score (nSPS) is 9.69. The summed E-state index contributed by atoms with van der Waals surface area (Å²) in [4.78, 5) is 11.2. The van der Waals surface area contributed by atoms with E-state index in [0.29, 0.717) is 6.42 Å². The number of H-pyrrole nitrogens is 1. The second kappa shape index (κ2) is 3.89. The van der Waals surface area contributed by atoms with Crippen LogP contribution in [-0.4, -0.2) is 16.1 Å². The maximum Gasteiger partial charge on any atom is 0.228 e. The summed E-state index contributed by atoms with van der Waals surface area (Å²) in [6, 6.07) is 0. The van der Waals surface area contributed by atoms with E-state index in [1.54, 1.807) is 6.08 Å². The summed E-state index contributed by atoms with van der Waals surface area (Å²) >= 11 is 0. The van der Waals surface area contributed by atoms with Gasteiger partial charge in [0.2, 0.25) is 5.91 Å². The molecule has 2 N–H and O–H groups in total. The molecule has 0 aliphatic carbocycles. The van der Waals surface area contributed by atoms with Gasteiger partial charge in [0, 0.05) is 6.42 Å². The molecule has 13 heavy (non-hydrogen) atoms. The van der Waals surface area contributed by atoms with Crippen LogP contribution in [0.25, 0.3) is 0 Å². The van der Waals surface area contributed by atoms with Crippen molar-refractivity contribution in [2.24, 2.45) is 0 Å². The number of aromatic amines is 1. The number of rotatable bonds is 3. The molecule has 4 nitrogen and oxygen atoms in total. The fourth-order valence-electron chi connectivity index (χ4n) is 1.06. The number of nitrogens with one attached hydrogen (secondary N) is 2. The molecule has 0 aromatic carbocycles. The summed E-state index contributed by atoms with van der Waals surface area (Å²) in [5.41, 5.74) is 2.44. The third-order valence-electron chi connectivity index (χ3n) is 1.72. The Morgan fingerprint density at radius 1 is 1.69 bits per heavy atom. The molecule has 0 radical (unpaired) electrons. The van der Waals surface area contributed by atoms with E-state index in [0.717, 1.165) is 17.1 Å². The van der Waals surface area contributed by atoms with E-state index in [9.17, 15) is 4.79 Å². The Labute approximate surface area is 77.0 Å². The second-order valence-corrected chi connectivity index (χ2v) is 2.85. The Kier molecular flexibility index (Phi) is 2.84. The Morgan fingerprint density at radius 3 is 2.85 bits per heavy atom. The zero-order chi connectivity index (χ0) is 9.84. The summed E-state index contributed by atoms with van der Waals surface area (Å²) < 4.78 is 0. The molecule has 0 spiro atoms. The Hall–Kier alpha value is -1.58. The molecule has 1 heterocycles. The summed E-state index contributed by atoms with van der Waals surface area (Å²) in [5.74, 6) is -0.0670. The van der Waals surface area contributed by atoms with Gasteiger partial charge in [0.1, 0.15) is 0 Å². The lowest BCUT2D eigenvalue weighted by Gasteiger charge is -2.02. The fourth-order valence-corrected chi connectivity index (χ4v) is 1.06. The molecule has 1 aromatic rings. The molecule has 0 bridgehead atoms. The molecule has 0 saturated heterocycles. The van der Waals surface area contributed by atoms with Crippen molar-refractivity contribution in [1.82, 2.24) is 10.2 Å². The number of aromatic nitrogens is 2. The lowest BCUT2D eigenvalue weighted by atomic mass is 10.3. The first-order chi connectivity index (χ1) is 6.15. The maximum atomic E-state index is 11.2. The molecule has 0 saturated carbocycles. The highest BCUT2D eigenvalue weighted by molar-refractivity contribution is 5.92. The standard InChI is InChI=1S/C9H13N3O/c1-4-5-8(13)10-9-6(2)11-12-7(9)3/h4H,1,5H2,2-3H3,(H,10,13)(H,11,12).